The van der Waals surface area contributed by atoms with E-state index in [9.17, 15) is 9.59 Å². The Kier molecular flexibility index (Phi) is 4.77. The minimum absolute atomic E-state index is 0.0225. The number of hydrogen-bond donors (Lipinski definition) is 2. The molecule has 0 spiro atoms. The zero-order chi connectivity index (χ0) is 13.8. The summed E-state index contributed by atoms with van der Waals surface area (Å²) in [5.74, 6) is -0.849. The van der Waals surface area contributed by atoms with Crippen LogP contribution in [-0.4, -0.2) is 22.5 Å². The Bertz CT molecular complexity index is 311. The van der Waals surface area contributed by atoms with E-state index >= 15 is 0 Å². The standard InChI is InChI=1S/C14H25NO3/c1-13(2,3)9-11(16)15-14(10-12(17)18)7-5-4-6-8-14/h4-10H2,1-3H3,(H,15,16)(H,17,18). The summed E-state index contributed by atoms with van der Waals surface area (Å²) in [4.78, 5) is 23.0. The predicted molar refractivity (Wildman–Crippen MR) is 70.3 cm³/mol. The number of carbonyl (C=O) groups excluding carboxylic acids is 1. The Morgan fingerprint density at radius 3 is 2.17 bits per heavy atom. The molecule has 0 aromatic carbocycles. The summed E-state index contributed by atoms with van der Waals surface area (Å²) in [6, 6.07) is 0. The van der Waals surface area contributed by atoms with Crippen molar-refractivity contribution in [3.05, 3.63) is 0 Å². The fourth-order valence-electron chi connectivity index (χ4n) is 2.69. The molecule has 0 radical (unpaired) electrons. The van der Waals surface area contributed by atoms with Crippen LogP contribution in [0.3, 0.4) is 0 Å². The van der Waals surface area contributed by atoms with E-state index in [4.69, 9.17) is 5.11 Å². The predicted octanol–water partition coefficient (Wildman–Crippen LogP) is 2.72. The zero-order valence-electron chi connectivity index (χ0n) is 11.7. The minimum Gasteiger partial charge on any atom is -0.481 e. The van der Waals surface area contributed by atoms with Crippen LogP contribution < -0.4 is 5.32 Å². The van der Waals surface area contributed by atoms with Crippen LogP contribution >= 0.6 is 0 Å². The smallest absolute Gasteiger partial charge is 0.305 e. The van der Waals surface area contributed by atoms with E-state index in [0.717, 1.165) is 32.1 Å². The number of amides is 1. The molecule has 0 saturated heterocycles. The Labute approximate surface area is 109 Å². The summed E-state index contributed by atoms with van der Waals surface area (Å²) in [6.45, 7) is 6.03. The van der Waals surface area contributed by atoms with Gasteiger partial charge in [-0.1, -0.05) is 40.0 Å². The third kappa shape index (κ3) is 5.07. The first-order valence-electron chi connectivity index (χ1n) is 6.75. The fraction of sp³-hybridized carbons (Fsp3) is 0.857. The molecule has 1 aliphatic rings. The average Bonchev–Trinajstić information content (AvgIpc) is 2.13. The summed E-state index contributed by atoms with van der Waals surface area (Å²) in [5, 5.41) is 12.0. The van der Waals surface area contributed by atoms with Gasteiger partial charge in [-0.3, -0.25) is 9.59 Å². The molecule has 104 valence electrons. The molecule has 1 amide bonds. The molecular weight excluding hydrogens is 230 g/mol. The van der Waals surface area contributed by atoms with E-state index in [1.54, 1.807) is 0 Å². The van der Waals surface area contributed by atoms with Crippen LogP contribution in [0.2, 0.25) is 0 Å². The minimum atomic E-state index is -0.826. The van der Waals surface area contributed by atoms with Gasteiger partial charge in [-0.25, -0.2) is 0 Å². The summed E-state index contributed by atoms with van der Waals surface area (Å²) in [7, 11) is 0. The van der Waals surface area contributed by atoms with Crippen molar-refractivity contribution in [3.8, 4) is 0 Å². The maximum atomic E-state index is 12.0. The lowest BCUT2D eigenvalue weighted by atomic mass is 9.78. The van der Waals surface area contributed by atoms with Crippen LogP contribution in [0.15, 0.2) is 0 Å². The number of nitrogens with one attached hydrogen (secondary N) is 1. The second-order valence-corrected chi connectivity index (χ2v) is 6.70. The van der Waals surface area contributed by atoms with Crippen molar-refractivity contribution in [2.75, 3.05) is 0 Å². The van der Waals surface area contributed by atoms with Gasteiger partial charge in [0.15, 0.2) is 0 Å². The Morgan fingerprint density at radius 1 is 1.17 bits per heavy atom. The van der Waals surface area contributed by atoms with Crippen molar-refractivity contribution in [1.82, 2.24) is 5.32 Å². The molecule has 2 N–H and O–H groups in total. The van der Waals surface area contributed by atoms with Gasteiger partial charge in [0.1, 0.15) is 0 Å². The molecule has 1 fully saturated rings. The average molecular weight is 255 g/mol. The van der Waals surface area contributed by atoms with Gasteiger partial charge < -0.3 is 10.4 Å². The molecule has 0 aliphatic heterocycles. The van der Waals surface area contributed by atoms with E-state index in [2.05, 4.69) is 5.32 Å². The van der Waals surface area contributed by atoms with Crippen LogP contribution in [0.4, 0.5) is 0 Å². The number of hydrogen-bond acceptors (Lipinski definition) is 2. The Hall–Kier alpha value is -1.06. The normalized spacial score (nSPS) is 19.3. The highest BCUT2D eigenvalue weighted by Crippen LogP contribution is 2.32. The quantitative estimate of drug-likeness (QED) is 0.811. The molecule has 4 heteroatoms. The molecule has 18 heavy (non-hydrogen) atoms. The van der Waals surface area contributed by atoms with Crippen molar-refractivity contribution in [3.63, 3.8) is 0 Å². The molecule has 0 unspecified atom stereocenters. The molecule has 1 rings (SSSR count). The van der Waals surface area contributed by atoms with Crippen molar-refractivity contribution in [2.24, 2.45) is 5.41 Å². The van der Waals surface area contributed by atoms with Gasteiger partial charge in [-0.2, -0.15) is 0 Å². The highest BCUT2D eigenvalue weighted by atomic mass is 16.4. The van der Waals surface area contributed by atoms with Gasteiger partial charge in [0.05, 0.1) is 12.0 Å². The second kappa shape index (κ2) is 5.72. The van der Waals surface area contributed by atoms with E-state index < -0.39 is 11.5 Å². The highest BCUT2D eigenvalue weighted by molar-refractivity contribution is 5.78. The fourth-order valence-corrected chi connectivity index (χ4v) is 2.69. The van der Waals surface area contributed by atoms with Crippen molar-refractivity contribution in [2.45, 2.75) is 71.3 Å². The van der Waals surface area contributed by atoms with Crippen LogP contribution in [0.1, 0.15) is 65.7 Å². The number of carboxylic acids is 1. The Morgan fingerprint density at radius 2 is 1.72 bits per heavy atom. The van der Waals surface area contributed by atoms with Crippen molar-refractivity contribution < 1.29 is 14.7 Å². The molecule has 1 saturated carbocycles. The highest BCUT2D eigenvalue weighted by Gasteiger charge is 2.36. The van der Waals surface area contributed by atoms with Gasteiger partial charge in [-0.05, 0) is 18.3 Å². The van der Waals surface area contributed by atoms with Crippen LogP contribution in [0.5, 0.6) is 0 Å². The monoisotopic (exact) mass is 255 g/mol. The summed E-state index contributed by atoms with van der Waals surface area (Å²) in [5.41, 5.74) is -0.574. The van der Waals surface area contributed by atoms with Crippen LogP contribution in [0.25, 0.3) is 0 Å². The third-order valence-corrected chi connectivity index (χ3v) is 3.40. The lowest BCUT2D eigenvalue weighted by molar-refractivity contribution is -0.139. The maximum Gasteiger partial charge on any atom is 0.305 e. The van der Waals surface area contributed by atoms with Gasteiger partial charge in [0, 0.05) is 6.42 Å². The van der Waals surface area contributed by atoms with Gasteiger partial charge in [-0.15, -0.1) is 0 Å². The summed E-state index contributed by atoms with van der Waals surface area (Å²) >= 11 is 0. The summed E-state index contributed by atoms with van der Waals surface area (Å²) in [6.07, 6.45) is 5.20. The lowest BCUT2D eigenvalue weighted by Crippen LogP contribution is -2.51. The molecule has 0 bridgehead atoms. The van der Waals surface area contributed by atoms with E-state index in [0.29, 0.717) is 6.42 Å². The molecular formula is C14H25NO3. The molecule has 0 heterocycles. The molecule has 1 aliphatic carbocycles. The second-order valence-electron chi connectivity index (χ2n) is 6.70. The number of rotatable bonds is 4. The first-order valence-corrected chi connectivity index (χ1v) is 6.75. The maximum absolute atomic E-state index is 12.0. The third-order valence-electron chi connectivity index (χ3n) is 3.40. The van der Waals surface area contributed by atoms with Gasteiger partial charge in [0.2, 0.25) is 5.91 Å². The molecule has 0 atom stereocenters. The van der Waals surface area contributed by atoms with Gasteiger partial charge in [0.25, 0.3) is 0 Å². The lowest BCUT2D eigenvalue weighted by Gasteiger charge is -2.37. The summed E-state index contributed by atoms with van der Waals surface area (Å²) < 4.78 is 0. The SMILES string of the molecule is CC(C)(C)CC(=O)NC1(CC(=O)O)CCCCC1. The van der Waals surface area contributed by atoms with E-state index in [1.807, 2.05) is 20.8 Å². The molecule has 0 aromatic rings. The van der Waals surface area contributed by atoms with Crippen LogP contribution in [0, 0.1) is 5.41 Å². The first kappa shape index (κ1) is 15.0. The van der Waals surface area contributed by atoms with E-state index in [1.165, 1.54) is 0 Å². The van der Waals surface area contributed by atoms with Crippen molar-refractivity contribution >= 4 is 11.9 Å². The van der Waals surface area contributed by atoms with Gasteiger partial charge >= 0.3 is 5.97 Å². The largest absolute Gasteiger partial charge is 0.481 e. The topological polar surface area (TPSA) is 66.4 Å². The zero-order valence-corrected chi connectivity index (χ0v) is 11.7. The number of carbonyl (C=O) groups is 2. The van der Waals surface area contributed by atoms with E-state index in [-0.39, 0.29) is 17.7 Å². The molecule has 4 nitrogen and oxygen atoms in total. The number of aliphatic carboxylic acids is 1. The Balaban J connectivity index is 2.66. The van der Waals surface area contributed by atoms with Crippen molar-refractivity contribution in [1.29, 1.82) is 0 Å². The van der Waals surface area contributed by atoms with Crippen LogP contribution in [-0.2, 0) is 9.59 Å². The molecule has 0 aromatic heterocycles. The first-order chi connectivity index (χ1) is 8.22. The number of carboxylic acid groups (broad SMARTS) is 1.